The van der Waals surface area contributed by atoms with Crippen molar-refractivity contribution in [1.29, 1.82) is 0 Å². The van der Waals surface area contributed by atoms with Gasteiger partial charge in [0.15, 0.2) is 5.82 Å². The first-order chi connectivity index (χ1) is 13.7. The molecule has 1 saturated heterocycles. The van der Waals surface area contributed by atoms with Crippen LogP contribution in [-0.4, -0.2) is 52.6 Å². The number of hydrogen-bond donors (Lipinski definition) is 2. The van der Waals surface area contributed by atoms with E-state index in [-0.39, 0.29) is 18.0 Å². The monoisotopic (exact) mass is 379 g/mol. The van der Waals surface area contributed by atoms with Crippen LogP contribution >= 0.6 is 0 Å². The molecule has 0 spiro atoms. The summed E-state index contributed by atoms with van der Waals surface area (Å²) >= 11 is 0. The Bertz CT molecular complexity index is 916. The van der Waals surface area contributed by atoms with Gasteiger partial charge in [0, 0.05) is 25.8 Å². The minimum atomic E-state index is -0.297. The second-order valence-corrected chi connectivity index (χ2v) is 7.48. The molecule has 4 heterocycles. The molecule has 1 aliphatic carbocycles. The van der Waals surface area contributed by atoms with Crippen molar-refractivity contribution in [2.45, 2.75) is 25.3 Å². The van der Waals surface area contributed by atoms with Crippen LogP contribution in [0.1, 0.15) is 29.8 Å². The maximum Gasteiger partial charge on any atom is 0.329 e. The Balaban J connectivity index is 1.43. The van der Waals surface area contributed by atoms with E-state index in [1.54, 1.807) is 23.2 Å². The summed E-state index contributed by atoms with van der Waals surface area (Å²) < 4.78 is 0. The largest absolute Gasteiger partial charge is 0.366 e. The minimum Gasteiger partial charge on any atom is -0.366 e. The number of pyridine rings is 1. The van der Waals surface area contributed by atoms with Crippen molar-refractivity contribution in [3.05, 3.63) is 36.4 Å². The summed E-state index contributed by atoms with van der Waals surface area (Å²) in [5, 5.41) is 5.75. The van der Waals surface area contributed by atoms with E-state index in [2.05, 4.69) is 30.5 Å². The predicted octanol–water partition coefficient (Wildman–Crippen LogP) is 1.64. The molecule has 1 unspecified atom stereocenters. The van der Waals surface area contributed by atoms with Gasteiger partial charge in [0.05, 0.1) is 11.7 Å². The summed E-state index contributed by atoms with van der Waals surface area (Å²) in [6.07, 6.45) is 6.16. The van der Waals surface area contributed by atoms with E-state index in [4.69, 9.17) is 0 Å². The number of nitrogens with one attached hydrogen (secondary N) is 2. The molecular formula is C19H21N7O2. The van der Waals surface area contributed by atoms with E-state index in [0.29, 0.717) is 29.8 Å². The molecule has 2 bridgehead atoms. The van der Waals surface area contributed by atoms with Crippen molar-refractivity contribution < 1.29 is 9.59 Å². The van der Waals surface area contributed by atoms with Gasteiger partial charge >= 0.3 is 6.03 Å². The van der Waals surface area contributed by atoms with Crippen LogP contribution in [0.3, 0.4) is 0 Å². The lowest BCUT2D eigenvalue weighted by Crippen LogP contribution is -2.48. The highest BCUT2D eigenvalue weighted by Gasteiger charge is 2.40. The third-order valence-electron chi connectivity index (χ3n) is 5.47. The van der Waals surface area contributed by atoms with Crippen molar-refractivity contribution >= 4 is 29.3 Å². The minimum absolute atomic E-state index is 0.0200. The van der Waals surface area contributed by atoms with Gasteiger partial charge in [0.1, 0.15) is 17.8 Å². The molecule has 1 atom stereocenters. The molecule has 1 saturated carbocycles. The second-order valence-electron chi connectivity index (χ2n) is 7.48. The quantitative estimate of drug-likeness (QED) is 0.837. The van der Waals surface area contributed by atoms with E-state index in [1.165, 1.54) is 19.2 Å². The second kappa shape index (κ2) is 6.74. The molecule has 2 aromatic heterocycles. The number of hydrogen-bond acceptors (Lipinski definition) is 6. The Morgan fingerprint density at radius 3 is 2.86 bits per heavy atom. The van der Waals surface area contributed by atoms with Crippen LogP contribution < -0.4 is 20.4 Å². The van der Waals surface area contributed by atoms with Gasteiger partial charge in [0.2, 0.25) is 0 Å². The first-order valence-electron chi connectivity index (χ1n) is 9.59. The Kier molecular flexibility index (Phi) is 4.07. The molecule has 9 nitrogen and oxygen atoms in total. The summed E-state index contributed by atoms with van der Waals surface area (Å²) in [5.41, 5.74) is 1.21. The van der Waals surface area contributed by atoms with Crippen molar-refractivity contribution in [1.82, 2.24) is 20.3 Å². The highest BCUT2D eigenvalue weighted by molar-refractivity contribution is 6.04. The molecule has 0 radical (unpaired) electrons. The molecule has 3 amide bonds. The fraction of sp³-hybridized carbons (Fsp3) is 0.421. The molecular weight excluding hydrogens is 358 g/mol. The van der Waals surface area contributed by atoms with Crippen LogP contribution in [0.25, 0.3) is 0 Å². The lowest BCUT2D eigenvalue weighted by molar-refractivity contribution is 0.0947. The smallest absolute Gasteiger partial charge is 0.329 e. The van der Waals surface area contributed by atoms with E-state index in [0.717, 1.165) is 25.2 Å². The Hall–Kier alpha value is -3.23. The lowest BCUT2D eigenvalue weighted by Gasteiger charge is -2.35. The van der Waals surface area contributed by atoms with Gasteiger partial charge in [-0.05, 0) is 43.4 Å². The Labute approximate surface area is 162 Å². The standard InChI is InChI=1S/C19H21N7O2/c27-18(21-9-12-1-2-12)14-3-4-15-17(23-14)26(13-6-8-25(15)10-13)19(28)24-16-5-7-20-11-22-16/h3-5,7,11-13H,1-2,6,8-10H2,(H,21,27)(H,20,22,24,28). The number of carbonyl (C=O) groups excluding carboxylic acids is 2. The number of nitrogens with zero attached hydrogens (tertiary/aromatic N) is 5. The summed E-state index contributed by atoms with van der Waals surface area (Å²) in [6, 6.07) is 4.99. The zero-order valence-corrected chi connectivity index (χ0v) is 15.3. The predicted molar refractivity (Wildman–Crippen MR) is 103 cm³/mol. The van der Waals surface area contributed by atoms with Crippen molar-refractivity contribution in [3.8, 4) is 0 Å². The van der Waals surface area contributed by atoms with Gasteiger partial charge < -0.3 is 10.2 Å². The average molecular weight is 379 g/mol. The van der Waals surface area contributed by atoms with Gasteiger partial charge in [-0.1, -0.05) is 0 Å². The molecule has 2 N–H and O–H groups in total. The zero-order valence-electron chi connectivity index (χ0n) is 15.3. The van der Waals surface area contributed by atoms with Gasteiger partial charge in [-0.25, -0.2) is 19.7 Å². The summed E-state index contributed by atoms with van der Waals surface area (Å²) in [7, 11) is 0. The fourth-order valence-electron chi connectivity index (χ4n) is 3.78. The number of amides is 3. The maximum atomic E-state index is 13.0. The highest BCUT2D eigenvalue weighted by atomic mass is 16.2. The first-order valence-corrected chi connectivity index (χ1v) is 9.59. The molecule has 5 rings (SSSR count). The van der Waals surface area contributed by atoms with Crippen molar-refractivity contribution in [3.63, 3.8) is 0 Å². The molecule has 144 valence electrons. The van der Waals surface area contributed by atoms with Crippen molar-refractivity contribution in [2.24, 2.45) is 5.92 Å². The van der Waals surface area contributed by atoms with Crippen LogP contribution in [0.2, 0.25) is 0 Å². The Morgan fingerprint density at radius 1 is 1.18 bits per heavy atom. The molecule has 2 aliphatic heterocycles. The maximum absolute atomic E-state index is 13.0. The van der Waals surface area contributed by atoms with E-state index in [1.807, 2.05) is 6.07 Å². The highest BCUT2D eigenvalue weighted by Crippen LogP contribution is 2.39. The van der Waals surface area contributed by atoms with Crippen LogP contribution in [0.4, 0.5) is 22.1 Å². The topological polar surface area (TPSA) is 103 Å². The van der Waals surface area contributed by atoms with Gasteiger partial charge in [-0.2, -0.15) is 0 Å². The SMILES string of the molecule is O=C(NCC1CC1)c1ccc2c(n1)N(C(=O)Nc1ccncn1)C1CCN2C1. The van der Waals surface area contributed by atoms with Gasteiger partial charge in [0.25, 0.3) is 5.91 Å². The number of fused-ring (bicyclic) bond motifs is 4. The zero-order chi connectivity index (χ0) is 19.1. The fourth-order valence-corrected chi connectivity index (χ4v) is 3.78. The lowest BCUT2D eigenvalue weighted by atomic mass is 10.1. The molecule has 3 aliphatic rings. The van der Waals surface area contributed by atoms with Crippen LogP contribution in [0.15, 0.2) is 30.7 Å². The van der Waals surface area contributed by atoms with Gasteiger partial charge in [-0.3, -0.25) is 15.0 Å². The third-order valence-corrected chi connectivity index (χ3v) is 5.47. The average Bonchev–Trinajstić information content (AvgIpc) is 3.46. The summed E-state index contributed by atoms with van der Waals surface area (Å²) in [4.78, 5) is 41.9. The van der Waals surface area contributed by atoms with E-state index in [9.17, 15) is 9.59 Å². The normalized spacial score (nSPS) is 19.9. The van der Waals surface area contributed by atoms with Crippen LogP contribution in [0, 0.1) is 5.92 Å². The summed E-state index contributed by atoms with van der Waals surface area (Å²) in [6.45, 7) is 2.31. The number of anilines is 3. The first kappa shape index (κ1) is 16.9. The van der Waals surface area contributed by atoms with Crippen LogP contribution in [-0.2, 0) is 0 Å². The molecule has 28 heavy (non-hydrogen) atoms. The van der Waals surface area contributed by atoms with Crippen molar-refractivity contribution in [2.75, 3.05) is 34.8 Å². The molecule has 2 aromatic rings. The van der Waals surface area contributed by atoms with Crippen LogP contribution in [0.5, 0.6) is 0 Å². The molecule has 9 heteroatoms. The molecule has 0 aromatic carbocycles. The number of carbonyl (C=O) groups is 2. The number of rotatable bonds is 4. The number of aromatic nitrogens is 3. The van der Waals surface area contributed by atoms with E-state index >= 15 is 0 Å². The Morgan fingerprint density at radius 2 is 2.07 bits per heavy atom. The third kappa shape index (κ3) is 3.12. The molecule has 2 fully saturated rings. The van der Waals surface area contributed by atoms with E-state index < -0.39 is 0 Å². The summed E-state index contributed by atoms with van der Waals surface area (Å²) in [5.74, 6) is 1.36. The number of urea groups is 1. The van der Waals surface area contributed by atoms with Gasteiger partial charge in [-0.15, -0.1) is 0 Å².